The number of nitrogens with one attached hydrogen (secondary N) is 2. The summed E-state index contributed by atoms with van der Waals surface area (Å²) in [7, 11) is 0. The Labute approximate surface area is 178 Å². The lowest BCUT2D eigenvalue weighted by atomic mass is 10.1. The van der Waals surface area contributed by atoms with E-state index in [1.54, 1.807) is 6.07 Å². The Hall–Kier alpha value is -3.54. The fourth-order valence-corrected chi connectivity index (χ4v) is 3.20. The highest BCUT2D eigenvalue weighted by Crippen LogP contribution is 2.37. The normalized spacial score (nSPS) is 11.7. The Morgan fingerprint density at radius 1 is 1.19 bits per heavy atom. The number of anilines is 2. The van der Waals surface area contributed by atoms with Gasteiger partial charge in [0.2, 0.25) is 5.91 Å². The monoisotopic (exact) mass is 432 g/mol. The molecule has 2 N–H and O–H groups in total. The summed E-state index contributed by atoms with van der Waals surface area (Å²) in [6.07, 6.45) is -2.51. The second-order valence-electron chi connectivity index (χ2n) is 7.04. The standard InChI is InChI=1S/C22H23F3N4O2/c1-5-8-29-13(2)9-16(14(29)3)10-17(12-26)21(31)28-20-7-6-18(27-15(4)30)11-19(20)22(23,24)25/h6-7,9-11H,5,8H2,1-4H3,(H,27,30)(H,28,31)/b17-10+. The van der Waals surface area contributed by atoms with Crippen LogP contribution < -0.4 is 10.6 Å². The van der Waals surface area contributed by atoms with Crippen LogP contribution in [0.25, 0.3) is 6.08 Å². The molecule has 0 aliphatic rings. The van der Waals surface area contributed by atoms with Crippen molar-refractivity contribution in [2.45, 2.75) is 46.8 Å². The molecule has 0 aliphatic heterocycles. The lowest BCUT2D eigenvalue weighted by molar-refractivity contribution is -0.137. The van der Waals surface area contributed by atoms with Gasteiger partial charge in [-0.2, -0.15) is 18.4 Å². The number of nitriles is 1. The number of aryl methyl sites for hydroxylation is 1. The molecule has 6 nitrogen and oxygen atoms in total. The summed E-state index contributed by atoms with van der Waals surface area (Å²) in [5.74, 6) is -1.49. The van der Waals surface area contributed by atoms with Crippen molar-refractivity contribution in [2.24, 2.45) is 0 Å². The fraction of sp³-hybridized carbons (Fsp3) is 0.318. The molecular formula is C22H23F3N4O2. The molecule has 9 heteroatoms. The lowest BCUT2D eigenvalue weighted by Crippen LogP contribution is -2.18. The number of alkyl halides is 3. The quantitative estimate of drug-likeness (QED) is 0.495. The van der Waals surface area contributed by atoms with Crippen molar-refractivity contribution in [3.8, 4) is 6.07 Å². The molecule has 0 spiro atoms. The molecule has 2 rings (SSSR count). The van der Waals surface area contributed by atoms with E-state index in [2.05, 4.69) is 10.6 Å². The van der Waals surface area contributed by atoms with Crippen molar-refractivity contribution in [1.29, 1.82) is 5.26 Å². The molecule has 0 saturated heterocycles. The largest absolute Gasteiger partial charge is 0.418 e. The number of hydrogen-bond acceptors (Lipinski definition) is 3. The topological polar surface area (TPSA) is 86.9 Å². The van der Waals surface area contributed by atoms with Crippen LogP contribution in [-0.2, 0) is 22.3 Å². The number of halogens is 3. The minimum absolute atomic E-state index is 0.0581. The molecule has 0 saturated carbocycles. The number of rotatable bonds is 6. The summed E-state index contributed by atoms with van der Waals surface area (Å²) >= 11 is 0. The second kappa shape index (κ2) is 9.51. The van der Waals surface area contributed by atoms with Crippen molar-refractivity contribution in [3.05, 3.63) is 52.4 Å². The zero-order valence-electron chi connectivity index (χ0n) is 17.6. The van der Waals surface area contributed by atoms with Crippen LogP contribution in [0.4, 0.5) is 24.5 Å². The smallest absolute Gasteiger partial charge is 0.349 e. The highest BCUT2D eigenvalue weighted by atomic mass is 19.4. The van der Waals surface area contributed by atoms with Crippen molar-refractivity contribution in [2.75, 3.05) is 10.6 Å². The van der Waals surface area contributed by atoms with Crippen LogP contribution in [0.1, 0.15) is 42.8 Å². The molecule has 164 valence electrons. The van der Waals surface area contributed by atoms with Gasteiger partial charge in [-0.3, -0.25) is 9.59 Å². The van der Waals surface area contributed by atoms with Crippen molar-refractivity contribution in [1.82, 2.24) is 4.57 Å². The predicted molar refractivity (Wildman–Crippen MR) is 112 cm³/mol. The first-order valence-electron chi connectivity index (χ1n) is 9.56. The van der Waals surface area contributed by atoms with Gasteiger partial charge in [-0.15, -0.1) is 0 Å². The van der Waals surface area contributed by atoms with E-state index < -0.39 is 29.2 Å². The number of amides is 2. The number of carbonyl (C=O) groups is 2. The van der Waals surface area contributed by atoms with Crippen molar-refractivity contribution in [3.63, 3.8) is 0 Å². The van der Waals surface area contributed by atoms with Gasteiger partial charge in [0, 0.05) is 30.5 Å². The first-order chi connectivity index (χ1) is 14.5. The highest BCUT2D eigenvalue weighted by Gasteiger charge is 2.34. The van der Waals surface area contributed by atoms with Gasteiger partial charge >= 0.3 is 6.18 Å². The van der Waals surface area contributed by atoms with Gasteiger partial charge in [-0.25, -0.2) is 0 Å². The Morgan fingerprint density at radius 2 is 1.87 bits per heavy atom. The summed E-state index contributed by atoms with van der Waals surface area (Å²) in [6.45, 7) is 7.72. The van der Waals surface area contributed by atoms with E-state index in [4.69, 9.17) is 0 Å². The van der Waals surface area contributed by atoms with Gasteiger partial charge in [-0.05, 0) is 56.2 Å². The molecule has 0 atom stereocenters. The van der Waals surface area contributed by atoms with E-state index in [-0.39, 0.29) is 11.3 Å². The first-order valence-corrected chi connectivity index (χ1v) is 9.56. The van der Waals surface area contributed by atoms with Crippen LogP contribution in [-0.4, -0.2) is 16.4 Å². The SMILES string of the molecule is CCCn1c(C)cc(/C=C(\C#N)C(=O)Nc2ccc(NC(C)=O)cc2C(F)(F)F)c1C. The maximum atomic E-state index is 13.5. The minimum Gasteiger partial charge on any atom is -0.349 e. The van der Waals surface area contributed by atoms with Crippen LogP contribution in [0.2, 0.25) is 0 Å². The zero-order chi connectivity index (χ0) is 23.3. The molecule has 1 aromatic carbocycles. The molecule has 2 amide bonds. The maximum absolute atomic E-state index is 13.5. The van der Waals surface area contributed by atoms with Crippen LogP contribution >= 0.6 is 0 Å². The third-order valence-corrected chi connectivity index (χ3v) is 4.62. The molecule has 1 heterocycles. The Kier molecular flexibility index (Phi) is 7.28. The Balaban J connectivity index is 2.39. The molecule has 0 aliphatic carbocycles. The fourth-order valence-electron chi connectivity index (χ4n) is 3.20. The molecule has 0 bridgehead atoms. The van der Waals surface area contributed by atoms with Gasteiger partial charge in [0.15, 0.2) is 0 Å². The summed E-state index contributed by atoms with van der Waals surface area (Å²) in [4.78, 5) is 23.7. The summed E-state index contributed by atoms with van der Waals surface area (Å²) in [5, 5.41) is 13.9. The number of aromatic nitrogens is 1. The van der Waals surface area contributed by atoms with Crippen LogP contribution in [0, 0.1) is 25.2 Å². The van der Waals surface area contributed by atoms with Crippen LogP contribution in [0.5, 0.6) is 0 Å². The molecule has 0 radical (unpaired) electrons. The molecular weight excluding hydrogens is 409 g/mol. The summed E-state index contributed by atoms with van der Waals surface area (Å²) in [5.41, 5.74) is 0.434. The number of hydrogen-bond donors (Lipinski definition) is 2. The first kappa shape index (κ1) is 23.7. The molecule has 0 unspecified atom stereocenters. The molecule has 31 heavy (non-hydrogen) atoms. The Bertz CT molecular complexity index is 1080. The van der Waals surface area contributed by atoms with Gasteiger partial charge in [0.1, 0.15) is 11.6 Å². The van der Waals surface area contributed by atoms with Crippen molar-refractivity contribution < 1.29 is 22.8 Å². The molecule has 1 aromatic heterocycles. The van der Waals surface area contributed by atoms with Crippen molar-refractivity contribution >= 4 is 29.3 Å². The second-order valence-corrected chi connectivity index (χ2v) is 7.04. The number of carbonyl (C=O) groups excluding carboxylic acids is 2. The minimum atomic E-state index is -4.78. The average molecular weight is 432 g/mol. The van der Waals surface area contributed by atoms with E-state index in [9.17, 15) is 28.0 Å². The summed E-state index contributed by atoms with van der Waals surface area (Å²) < 4.78 is 42.5. The van der Waals surface area contributed by atoms with Crippen LogP contribution in [0.15, 0.2) is 29.8 Å². The Morgan fingerprint density at radius 3 is 2.42 bits per heavy atom. The van der Waals surface area contributed by atoms with E-state index in [1.807, 2.05) is 31.4 Å². The molecule has 2 aromatic rings. The van der Waals surface area contributed by atoms with Gasteiger partial charge < -0.3 is 15.2 Å². The van der Waals surface area contributed by atoms with E-state index >= 15 is 0 Å². The average Bonchev–Trinajstić information content (AvgIpc) is 2.93. The van der Waals surface area contributed by atoms with E-state index in [0.29, 0.717) is 5.56 Å². The maximum Gasteiger partial charge on any atom is 0.418 e. The van der Waals surface area contributed by atoms with E-state index in [1.165, 1.54) is 19.1 Å². The van der Waals surface area contributed by atoms with Crippen LogP contribution in [0.3, 0.4) is 0 Å². The van der Waals surface area contributed by atoms with Gasteiger partial charge in [0.05, 0.1) is 11.3 Å². The number of nitrogens with zero attached hydrogens (tertiary/aromatic N) is 2. The third-order valence-electron chi connectivity index (χ3n) is 4.62. The number of benzene rings is 1. The highest BCUT2D eigenvalue weighted by molar-refractivity contribution is 6.10. The van der Waals surface area contributed by atoms with E-state index in [0.717, 1.165) is 36.5 Å². The third kappa shape index (κ3) is 5.75. The lowest BCUT2D eigenvalue weighted by Gasteiger charge is -2.15. The zero-order valence-corrected chi connectivity index (χ0v) is 17.6. The predicted octanol–water partition coefficient (Wildman–Crippen LogP) is 5.04. The van der Waals surface area contributed by atoms with Gasteiger partial charge in [-0.1, -0.05) is 6.92 Å². The summed E-state index contributed by atoms with van der Waals surface area (Å²) in [6, 6.07) is 6.57. The van der Waals surface area contributed by atoms with Gasteiger partial charge in [0.25, 0.3) is 5.91 Å². The molecule has 0 fully saturated rings.